The van der Waals surface area contributed by atoms with Gasteiger partial charge in [0.1, 0.15) is 11.3 Å². The van der Waals surface area contributed by atoms with Gasteiger partial charge < -0.3 is 5.32 Å². The number of β-lactam (4-membered cyclic amide) rings is 1. The molecule has 0 unspecified atom stereocenters. The molecule has 2 aromatic carbocycles. The smallest absolute Gasteiger partial charge is 0.237 e. The van der Waals surface area contributed by atoms with E-state index in [1.807, 2.05) is 48.5 Å². The van der Waals surface area contributed by atoms with Gasteiger partial charge in [0.05, 0.1) is 0 Å². The SMILES string of the molecule is O=C1N[C@H](C#Cc2ccccc2)[C@H]1SCc1ccccc1. The number of amides is 1. The summed E-state index contributed by atoms with van der Waals surface area (Å²) in [6.45, 7) is 0. The quantitative estimate of drug-likeness (QED) is 0.696. The maximum Gasteiger partial charge on any atom is 0.237 e. The van der Waals surface area contributed by atoms with Gasteiger partial charge >= 0.3 is 0 Å². The van der Waals surface area contributed by atoms with Crippen molar-refractivity contribution in [2.24, 2.45) is 0 Å². The number of carbonyl (C=O) groups excluding carboxylic acids is 1. The summed E-state index contributed by atoms with van der Waals surface area (Å²) < 4.78 is 0. The minimum atomic E-state index is -0.0681. The molecular formula is C18H15NOS. The highest BCUT2D eigenvalue weighted by molar-refractivity contribution is 8.00. The zero-order valence-electron chi connectivity index (χ0n) is 11.5. The van der Waals surface area contributed by atoms with Crippen LogP contribution in [0.4, 0.5) is 0 Å². The molecule has 1 fully saturated rings. The Kier molecular flexibility index (Phi) is 4.28. The van der Waals surface area contributed by atoms with Gasteiger partial charge in [0, 0.05) is 11.3 Å². The Morgan fingerprint density at radius 1 is 1.00 bits per heavy atom. The van der Waals surface area contributed by atoms with Gasteiger partial charge in [-0.1, -0.05) is 60.4 Å². The maximum atomic E-state index is 11.7. The molecule has 3 heteroatoms. The Bertz CT molecular complexity index is 673. The summed E-state index contributed by atoms with van der Waals surface area (Å²) in [6, 6.07) is 20.0. The van der Waals surface area contributed by atoms with Crippen molar-refractivity contribution in [2.75, 3.05) is 0 Å². The molecule has 2 atom stereocenters. The van der Waals surface area contributed by atoms with Crippen LogP contribution in [0.25, 0.3) is 0 Å². The Morgan fingerprint density at radius 2 is 1.67 bits per heavy atom. The molecule has 2 aromatic rings. The highest BCUT2D eigenvalue weighted by Gasteiger charge is 2.38. The summed E-state index contributed by atoms with van der Waals surface area (Å²) in [6.07, 6.45) is 0. The van der Waals surface area contributed by atoms with Crippen LogP contribution >= 0.6 is 11.8 Å². The normalized spacial score (nSPS) is 19.9. The number of thioether (sulfide) groups is 1. The van der Waals surface area contributed by atoms with Crippen molar-refractivity contribution in [1.29, 1.82) is 0 Å². The van der Waals surface area contributed by atoms with E-state index in [1.165, 1.54) is 5.56 Å². The van der Waals surface area contributed by atoms with E-state index in [-0.39, 0.29) is 17.2 Å². The predicted molar refractivity (Wildman–Crippen MR) is 86.8 cm³/mol. The minimum absolute atomic E-state index is 0.0496. The Balaban J connectivity index is 1.60. The van der Waals surface area contributed by atoms with Crippen molar-refractivity contribution in [3.63, 3.8) is 0 Å². The average Bonchev–Trinajstić information content (AvgIpc) is 2.53. The molecule has 1 aliphatic heterocycles. The van der Waals surface area contributed by atoms with Gasteiger partial charge in [-0.3, -0.25) is 4.79 Å². The first-order valence-corrected chi connectivity index (χ1v) is 7.90. The van der Waals surface area contributed by atoms with E-state index < -0.39 is 0 Å². The molecule has 1 aliphatic rings. The Labute approximate surface area is 129 Å². The zero-order chi connectivity index (χ0) is 14.5. The molecule has 0 radical (unpaired) electrons. The molecule has 0 saturated carbocycles. The average molecular weight is 293 g/mol. The van der Waals surface area contributed by atoms with E-state index in [0.29, 0.717) is 0 Å². The van der Waals surface area contributed by atoms with Gasteiger partial charge in [0.15, 0.2) is 0 Å². The third kappa shape index (κ3) is 3.48. The molecule has 0 aromatic heterocycles. The van der Waals surface area contributed by atoms with Crippen molar-refractivity contribution in [1.82, 2.24) is 5.32 Å². The first kappa shape index (κ1) is 13.8. The van der Waals surface area contributed by atoms with Gasteiger partial charge in [0.25, 0.3) is 0 Å². The van der Waals surface area contributed by atoms with E-state index in [9.17, 15) is 4.79 Å². The van der Waals surface area contributed by atoms with E-state index in [0.717, 1.165) is 11.3 Å². The number of hydrogen-bond donors (Lipinski definition) is 1. The van der Waals surface area contributed by atoms with Crippen LogP contribution in [0.3, 0.4) is 0 Å². The van der Waals surface area contributed by atoms with Crippen LogP contribution in [-0.4, -0.2) is 17.2 Å². The standard InChI is InChI=1S/C18H15NOS/c20-18-17(21-13-15-9-5-2-6-10-15)16(19-18)12-11-14-7-3-1-4-8-14/h1-10,16-17H,13H2,(H,19,20)/t16-,17-/m1/s1. The highest BCUT2D eigenvalue weighted by Crippen LogP contribution is 2.25. The predicted octanol–water partition coefficient (Wildman–Crippen LogP) is 2.84. The highest BCUT2D eigenvalue weighted by atomic mass is 32.2. The molecule has 0 bridgehead atoms. The van der Waals surface area contributed by atoms with Crippen molar-refractivity contribution >= 4 is 17.7 Å². The fraction of sp³-hybridized carbons (Fsp3) is 0.167. The fourth-order valence-electron chi connectivity index (χ4n) is 2.09. The second-order valence-corrected chi connectivity index (χ2v) is 5.97. The molecule has 2 nitrogen and oxygen atoms in total. The molecule has 104 valence electrons. The van der Waals surface area contributed by atoms with Crippen molar-refractivity contribution < 1.29 is 4.79 Å². The first-order chi connectivity index (χ1) is 10.3. The number of carbonyl (C=O) groups is 1. The molecule has 1 heterocycles. The van der Waals surface area contributed by atoms with Gasteiger partial charge in [-0.2, -0.15) is 0 Å². The van der Waals surface area contributed by atoms with Crippen molar-refractivity contribution in [3.05, 3.63) is 71.8 Å². The Hall–Kier alpha value is -2.18. The summed E-state index contributed by atoms with van der Waals surface area (Å²) >= 11 is 1.65. The summed E-state index contributed by atoms with van der Waals surface area (Å²) in [5, 5.41) is 2.80. The van der Waals surface area contributed by atoms with Crippen molar-refractivity contribution in [2.45, 2.75) is 17.0 Å². The fourth-order valence-corrected chi connectivity index (χ4v) is 3.21. The van der Waals surface area contributed by atoms with Crippen molar-refractivity contribution in [3.8, 4) is 11.8 Å². The lowest BCUT2D eigenvalue weighted by Gasteiger charge is -2.32. The first-order valence-electron chi connectivity index (χ1n) is 6.85. The molecule has 21 heavy (non-hydrogen) atoms. The molecule has 1 amide bonds. The molecular weight excluding hydrogens is 278 g/mol. The monoisotopic (exact) mass is 293 g/mol. The largest absolute Gasteiger partial charge is 0.340 e. The lowest BCUT2D eigenvalue weighted by atomic mass is 10.1. The van der Waals surface area contributed by atoms with Crippen LogP contribution in [0.15, 0.2) is 60.7 Å². The lowest BCUT2D eigenvalue weighted by Crippen LogP contribution is -2.59. The number of benzene rings is 2. The maximum absolute atomic E-state index is 11.7. The van der Waals surface area contributed by atoms with Gasteiger partial charge in [-0.15, -0.1) is 11.8 Å². The molecule has 1 saturated heterocycles. The van der Waals surface area contributed by atoms with E-state index in [2.05, 4.69) is 29.3 Å². The lowest BCUT2D eigenvalue weighted by molar-refractivity contribution is -0.126. The summed E-state index contributed by atoms with van der Waals surface area (Å²) in [7, 11) is 0. The van der Waals surface area contributed by atoms with E-state index in [1.54, 1.807) is 11.8 Å². The van der Waals surface area contributed by atoms with E-state index in [4.69, 9.17) is 0 Å². The van der Waals surface area contributed by atoms with Crippen LogP contribution in [0, 0.1) is 11.8 Å². The van der Waals surface area contributed by atoms with Crippen LogP contribution in [0.1, 0.15) is 11.1 Å². The van der Waals surface area contributed by atoms with Gasteiger partial charge in [-0.05, 0) is 17.7 Å². The third-order valence-corrected chi connectivity index (χ3v) is 4.62. The molecule has 1 N–H and O–H groups in total. The van der Waals surface area contributed by atoms with E-state index >= 15 is 0 Å². The summed E-state index contributed by atoms with van der Waals surface area (Å²) in [4.78, 5) is 11.7. The molecule has 0 spiro atoms. The Morgan fingerprint density at radius 3 is 2.33 bits per heavy atom. The number of nitrogens with one attached hydrogen (secondary N) is 1. The van der Waals surface area contributed by atoms with Gasteiger partial charge in [-0.25, -0.2) is 0 Å². The summed E-state index contributed by atoms with van der Waals surface area (Å²) in [5.41, 5.74) is 2.21. The topological polar surface area (TPSA) is 29.1 Å². The van der Waals surface area contributed by atoms with Crippen LogP contribution in [0.2, 0.25) is 0 Å². The third-order valence-electron chi connectivity index (χ3n) is 3.28. The molecule has 0 aliphatic carbocycles. The van der Waals surface area contributed by atoms with Crippen LogP contribution < -0.4 is 5.32 Å². The summed E-state index contributed by atoms with van der Waals surface area (Å²) in [5.74, 6) is 7.19. The zero-order valence-corrected chi connectivity index (χ0v) is 12.3. The second kappa shape index (κ2) is 6.51. The van der Waals surface area contributed by atoms with Crippen LogP contribution in [0.5, 0.6) is 0 Å². The number of hydrogen-bond acceptors (Lipinski definition) is 2. The van der Waals surface area contributed by atoms with Gasteiger partial charge in [0.2, 0.25) is 5.91 Å². The molecule has 3 rings (SSSR count). The van der Waals surface area contributed by atoms with Crippen LogP contribution in [-0.2, 0) is 10.5 Å². The minimum Gasteiger partial charge on any atom is -0.340 e. The second-order valence-electron chi connectivity index (χ2n) is 4.84. The number of rotatable bonds is 3.